The Morgan fingerprint density at radius 1 is 1.15 bits per heavy atom. The van der Waals surface area contributed by atoms with Crippen molar-refractivity contribution in [2.24, 2.45) is 11.3 Å². The van der Waals surface area contributed by atoms with E-state index in [0.717, 1.165) is 30.4 Å². The summed E-state index contributed by atoms with van der Waals surface area (Å²) in [6, 6.07) is 8.16. The van der Waals surface area contributed by atoms with Gasteiger partial charge in [-0.05, 0) is 37.7 Å². The van der Waals surface area contributed by atoms with E-state index >= 15 is 0 Å². The van der Waals surface area contributed by atoms with Gasteiger partial charge in [0.05, 0.1) is 22.7 Å². The Bertz CT molecular complexity index is 1100. The van der Waals surface area contributed by atoms with Gasteiger partial charge in [0.25, 0.3) is 0 Å². The quantitative estimate of drug-likeness (QED) is 0.602. The summed E-state index contributed by atoms with van der Waals surface area (Å²) in [6.07, 6.45) is 5.16. The second-order valence-corrected chi connectivity index (χ2v) is 11.9. The van der Waals surface area contributed by atoms with Crippen LogP contribution in [-0.4, -0.2) is 60.1 Å². The van der Waals surface area contributed by atoms with Gasteiger partial charge in [-0.1, -0.05) is 55.3 Å². The molecule has 1 aromatic rings. The Balaban J connectivity index is 1.55. The predicted octanol–water partition coefficient (Wildman–Crippen LogP) is 2.06. The molecule has 5 rings (SSSR count). The summed E-state index contributed by atoms with van der Waals surface area (Å²) < 4.78 is 34.7. The first-order chi connectivity index (χ1) is 16.3. The Morgan fingerprint density at radius 3 is 2.62 bits per heavy atom. The maximum atomic E-state index is 13.8. The van der Waals surface area contributed by atoms with E-state index < -0.39 is 44.7 Å². The van der Waals surface area contributed by atoms with Crippen molar-refractivity contribution in [2.75, 3.05) is 13.1 Å². The molecule has 9 heteroatoms. The lowest BCUT2D eigenvalue weighted by atomic mass is 9.61. The molecule has 8 nitrogen and oxygen atoms in total. The van der Waals surface area contributed by atoms with Crippen LogP contribution in [0.3, 0.4) is 0 Å². The van der Waals surface area contributed by atoms with Crippen LogP contribution in [0, 0.1) is 11.3 Å². The highest BCUT2D eigenvalue weighted by Gasteiger charge is 2.67. The number of ether oxygens (including phenoxy) is 1. The average Bonchev–Trinajstić information content (AvgIpc) is 3.08. The molecule has 3 heterocycles. The third kappa shape index (κ3) is 3.39. The van der Waals surface area contributed by atoms with Crippen molar-refractivity contribution in [1.29, 1.82) is 0 Å². The summed E-state index contributed by atoms with van der Waals surface area (Å²) in [4.78, 5) is 27.7. The molecule has 0 bridgehead atoms. The summed E-state index contributed by atoms with van der Waals surface area (Å²) in [7, 11) is -3.88. The van der Waals surface area contributed by atoms with Crippen LogP contribution in [0.5, 0.6) is 0 Å². The van der Waals surface area contributed by atoms with Crippen LogP contribution in [0.15, 0.2) is 42.0 Å². The fraction of sp³-hybridized carbons (Fsp3) is 0.600. The van der Waals surface area contributed by atoms with Crippen LogP contribution in [0.25, 0.3) is 0 Å². The number of piperidine rings is 2. The van der Waals surface area contributed by atoms with Gasteiger partial charge in [0.15, 0.2) is 0 Å². The van der Waals surface area contributed by atoms with Crippen LogP contribution >= 0.6 is 0 Å². The van der Waals surface area contributed by atoms with Gasteiger partial charge < -0.3 is 19.5 Å². The highest BCUT2D eigenvalue weighted by atomic mass is 32.2. The molecule has 0 radical (unpaired) electrons. The molecule has 0 N–H and O–H groups in total. The zero-order valence-corrected chi connectivity index (χ0v) is 20.2. The molecule has 0 aromatic heterocycles. The number of carbonyl (C=O) groups excluding carboxylic acids is 2. The standard InChI is InChI=1S/C25H32N2O6S/c1-2-25(23(28)29)21-18(15-19-20-12-6-7-14-27(20)34(31,32)22(19)25)11-8-13-26(21)24(30)33-16-17-9-4-3-5-10-17/h3-5,9-10,15,19-22H,2,6-8,11-14,16H2,1H3,(H,28,29)/p-1/t19-,20-,21?,22-,25-/m1/s1. The largest absolute Gasteiger partial charge is 0.549 e. The normalized spacial score (nSPS) is 34.4. The number of hydrogen-bond donors (Lipinski definition) is 0. The summed E-state index contributed by atoms with van der Waals surface area (Å²) in [5.41, 5.74) is -0.0704. The maximum Gasteiger partial charge on any atom is 0.410 e. The molecule has 0 spiro atoms. The molecule has 3 aliphatic heterocycles. The van der Waals surface area contributed by atoms with E-state index in [4.69, 9.17) is 4.74 Å². The van der Waals surface area contributed by atoms with Gasteiger partial charge in [-0.15, -0.1) is 0 Å². The molecule has 1 aliphatic carbocycles. The molecule has 1 aromatic carbocycles. The first-order valence-corrected chi connectivity index (χ1v) is 13.7. The highest BCUT2D eigenvalue weighted by Crippen LogP contribution is 2.56. The molecule has 1 unspecified atom stereocenters. The fourth-order valence-electron chi connectivity index (χ4n) is 6.86. The zero-order chi connectivity index (χ0) is 24.1. The Hall–Kier alpha value is -2.39. The van der Waals surface area contributed by atoms with Gasteiger partial charge in [-0.3, -0.25) is 0 Å². The monoisotopic (exact) mass is 487 g/mol. The van der Waals surface area contributed by atoms with Crippen LogP contribution in [0.4, 0.5) is 4.79 Å². The molecule has 0 saturated carbocycles. The van der Waals surface area contributed by atoms with Gasteiger partial charge in [-0.25, -0.2) is 13.2 Å². The lowest BCUT2D eigenvalue weighted by Crippen LogP contribution is -2.68. The minimum Gasteiger partial charge on any atom is -0.549 e. The number of likely N-dealkylation sites (tertiary alicyclic amines) is 1. The van der Waals surface area contributed by atoms with Gasteiger partial charge in [0.1, 0.15) is 6.61 Å². The Morgan fingerprint density at radius 2 is 1.91 bits per heavy atom. The molecular formula is C25H31N2O6S-. The number of nitrogens with zero attached hydrogens (tertiary/aromatic N) is 2. The predicted molar refractivity (Wildman–Crippen MR) is 123 cm³/mol. The van der Waals surface area contributed by atoms with Crippen molar-refractivity contribution in [1.82, 2.24) is 9.21 Å². The number of carbonyl (C=O) groups is 2. The van der Waals surface area contributed by atoms with E-state index in [1.807, 2.05) is 36.4 Å². The van der Waals surface area contributed by atoms with Crippen LogP contribution in [0.2, 0.25) is 0 Å². The summed E-state index contributed by atoms with van der Waals surface area (Å²) in [5, 5.41) is 11.8. The van der Waals surface area contributed by atoms with Crippen molar-refractivity contribution < 1.29 is 27.9 Å². The van der Waals surface area contributed by atoms with Gasteiger partial charge in [0, 0.05) is 25.0 Å². The fourth-order valence-corrected chi connectivity index (χ4v) is 9.74. The summed E-state index contributed by atoms with van der Waals surface area (Å²) in [5.74, 6) is -1.80. The molecule has 184 valence electrons. The topological polar surface area (TPSA) is 107 Å². The SMILES string of the molecule is CC[C@@]1(C(=O)[O-])C2C(=C[C@@H]3[C@H]4CCCCN4S(=O)(=O)[C@H]31)CCCN2C(=O)OCc1ccccc1. The molecule has 34 heavy (non-hydrogen) atoms. The molecule has 3 saturated heterocycles. The number of fused-ring (bicyclic) bond motifs is 4. The van der Waals surface area contributed by atoms with Gasteiger partial charge >= 0.3 is 6.09 Å². The van der Waals surface area contributed by atoms with E-state index in [-0.39, 0.29) is 19.1 Å². The maximum absolute atomic E-state index is 13.8. The van der Waals surface area contributed by atoms with E-state index in [2.05, 4.69) is 0 Å². The number of hydrogen-bond acceptors (Lipinski definition) is 6. The first kappa shape index (κ1) is 23.4. The van der Waals surface area contributed by atoms with Gasteiger partial charge in [0.2, 0.25) is 10.0 Å². The van der Waals surface area contributed by atoms with E-state index in [9.17, 15) is 23.1 Å². The lowest BCUT2D eigenvalue weighted by Gasteiger charge is -2.54. The second kappa shape index (κ2) is 8.68. The van der Waals surface area contributed by atoms with Crippen molar-refractivity contribution in [3.8, 4) is 0 Å². The molecule has 5 atom stereocenters. The number of carboxylic acid groups (broad SMARTS) is 1. The highest BCUT2D eigenvalue weighted by molar-refractivity contribution is 7.90. The third-order valence-corrected chi connectivity index (χ3v) is 10.8. The summed E-state index contributed by atoms with van der Waals surface area (Å²) >= 11 is 0. The van der Waals surface area contributed by atoms with E-state index in [1.54, 1.807) is 6.92 Å². The molecule has 4 aliphatic rings. The Kier molecular flexibility index (Phi) is 5.96. The lowest BCUT2D eigenvalue weighted by molar-refractivity contribution is -0.322. The Labute approximate surface area is 200 Å². The minimum atomic E-state index is -3.88. The first-order valence-electron chi connectivity index (χ1n) is 12.2. The van der Waals surface area contributed by atoms with Crippen molar-refractivity contribution in [2.45, 2.75) is 69.4 Å². The number of carboxylic acids is 1. The van der Waals surface area contributed by atoms with E-state index in [1.165, 1.54) is 9.21 Å². The number of rotatable bonds is 4. The molecule has 1 amide bonds. The van der Waals surface area contributed by atoms with E-state index in [0.29, 0.717) is 25.9 Å². The third-order valence-electron chi connectivity index (χ3n) is 8.27. The minimum absolute atomic E-state index is 0.0563. The smallest absolute Gasteiger partial charge is 0.410 e. The molecular weight excluding hydrogens is 456 g/mol. The second-order valence-electron chi connectivity index (χ2n) is 9.88. The van der Waals surface area contributed by atoms with Crippen LogP contribution in [-0.2, 0) is 26.2 Å². The number of aliphatic carboxylic acids is 1. The number of sulfonamides is 1. The molecule has 3 fully saturated rings. The zero-order valence-electron chi connectivity index (χ0n) is 19.4. The average molecular weight is 488 g/mol. The van der Waals surface area contributed by atoms with Crippen molar-refractivity contribution in [3.63, 3.8) is 0 Å². The van der Waals surface area contributed by atoms with Crippen LogP contribution in [0.1, 0.15) is 51.0 Å². The summed E-state index contributed by atoms with van der Waals surface area (Å²) in [6.45, 7) is 2.50. The number of benzene rings is 1. The van der Waals surface area contributed by atoms with Gasteiger partial charge in [-0.2, -0.15) is 4.31 Å². The number of amides is 1. The van der Waals surface area contributed by atoms with Crippen molar-refractivity contribution >= 4 is 22.1 Å². The van der Waals surface area contributed by atoms with Crippen LogP contribution < -0.4 is 5.11 Å². The van der Waals surface area contributed by atoms with Crippen molar-refractivity contribution in [3.05, 3.63) is 47.5 Å².